The Labute approximate surface area is 369 Å². The number of aldehydes is 1. The monoisotopic (exact) mass is 882 g/mol. The molecule has 2 aliphatic heterocycles. The molecule has 64 heavy (non-hydrogen) atoms. The number of methoxy groups -OCH3 is 4. The van der Waals surface area contributed by atoms with Crippen molar-refractivity contribution < 1.29 is 52.3 Å². The molecular formula is C47H54N4O13. The number of benzene rings is 3. The molecule has 17 heteroatoms. The molecular weight excluding hydrogens is 829 g/mol. The lowest BCUT2D eigenvalue weighted by molar-refractivity contribution is -0.108. The fourth-order valence-electron chi connectivity index (χ4n) is 7.78. The molecule has 0 radical (unpaired) electrons. The molecule has 0 aliphatic carbocycles. The lowest BCUT2D eigenvalue weighted by Gasteiger charge is -2.39. The number of ether oxygens (including phenoxy) is 7. The zero-order chi connectivity index (χ0) is 46.1. The molecule has 340 valence electrons. The normalized spacial score (nSPS) is 13.9. The number of pyridine rings is 2. The average Bonchev–Trinajstić information content (AvgIpc) is 3.29. The van der Waals surface area contributed by atoms with E-state index in [1.54, 1.807) is 28.8 Å². The van der Waals surface area contributed by atoms with Crippen molar-refractivity contribution in [2.75, 3.05) is 61.3 Å². The molecule has 0 unspecified atom stereocenters. The first kappa shape index (κ1) is 46.6. The van der Waals surface area contributed by atoms with Crippen molar-refractivity contribution in [2.24, 2.45) is 0 Å². The third-order valence-electron chi connectivity index (χ3n) is 10.9. The first-order chi connectivity index (χ1) is 30.7. The Bertz CT molecular complexity index is 2640. The highest BCUT2D eigenvalue weighted by atomic mass is 16.6. The van der Waals surface area contributed by atoms with Gasteiger partial charge in [-0.3, -0.25) is 9.59 Å². The van der Waals surface area contributed by atoms with Gasteiger partial charge in [-0.1, -0.05) is 6.07 Å². The molecule has 0 spiro atoms. The van der Waals surface area contributed by atoms with Crippen molar-refractivity contribution in [3.8, 4) is 23.0 Å². The van der Waals surface area contributed by atoms with Gasteiger partial charge < -0.3 is 56.9 Å². The summed E-state index contributed by atoms with van der Waals surface area (Å²) in [7, 11) is 5.57. The van der Waals surface area contributed by atoms with E-state index in [4.69, 9.17) is 33.2 Å². The number of piperidine rings is 1. The number of hydrogen-bond donors (Lipinski definition) is 0. The average molecular weight is 883 g/mol. The Kier molecular flexibility index (Phi) is 15.0. The van der Waals surface area contributed by atoms with E-state index in [1.165, 1.54) is 57.3 Å². The molecule has 5 aromatic rings. The quantitative estimate of drug-likeness (QED) is 0.0874. The van der Waals surface area contributed by atoms with Crippen molar-refractivity contribution in [1.82, 2.24) is 18.9 Å². The lowest BCUT2D eigenvalue weighted by Crippen LogP contribution is -2.49. The molecule has 0 saturated carbocycles. The third kappa shape index (κ3) is 10.8. The second kappa shape index (κ2) is 20.5. The van der Waals surface area contributed by atoms with E-state index in [0.29, 0.717) is 89.5 Å². The van der Waals surface area contributed by atoms with Crippen LogP contribution in [0.5, 0.6) is 23.0 Å². The summed E-state index contributed by atoms with van der Waals surface area (Å²) in [5, 5.41) is 1.15. The SMILES string of the molecule is COC(=O)c1cc(OC)cc2c1ccc(=O)n2CC=O.COC(=O)c1cc(OC)cc2c1ccc(=O)n2CCN1CCC(N(Cc2ccc3c(c2)OCCO3)C(=O)OC(C)(C)C)CC1. The summed E-state index contributed by atoms with van der Waals surface area (Å²) in [5.41, 5.74) is 1.52. The summed E-state index contributed by atoms with van der Waals surface area (Å²) in [6.07, 6.45) is 1.80. The third-order valence-corrected chi connectivity index (χ3v) is 10.9. The van der Waals surface area contributed by atoms with Crippen LogP contribution in [0, 0.1) is 0 Å². The van der Waals surface area contributed by atoms with Crippen LogP contribution in [0.25, 0.3) is 21.8 Å². The van der Waals surface area contributed by atoms with E-state index in [2.05, 4.69) is 4.90 Å². The topological polar surface area (TPSA) is 183 Å². The number of nitrogens with zero attached hydrogens (tertiary/aromatic N) is 4. The van der Waals surface area contributed by atoms with Gasteiger partial charge in [0.15, 0.2) is 11.5 Å². The first-order valence-corrected chi connectivity index (χ1v) is 20.8. The first-order valence-electron chi connectivity index (χ1n) is 20.8. The van der Waals surface area contributed by atoms with E-state index in [0.717, 1.165) is 31.5 Å². The zero-order valence-electron chi connectivity index (χ0n) is 37.2. The minimum absolute atomic E-state index is 0.0125. The maximum Gasteiger partial charge on any atom is 0.410 e. The van der Waals surface area contributed by atoms with E-state index in [-0.39, 0.29) is 35.4 Å². The van der Waals surface area contributed by atoms with Gasteiger partial charge in [-0.2, -0.15) is 0 Å². The number of aromatic nitrogens is 2. The van der Waals surface area contributed by atoms with Crippen LogP contribution < -0.4 is 30.1 Å². The molecule has 2 aliphatic rings. The van der Waals surface area contributed by atoms with E-state index < -0.39 is 17.5 Å². The maximum absolute atomic E-state index is 13.4. The van der Waals surface area contributed by atoms with Crippen molar-refractivity contribution in [2.45, 2.75) is 64.9 Å². The fraction of sp³-hybridized carbons (Fsp3) is 0.404. The Morgan fingerprint density at radius 2 is 1.27 bits per heavy atom. The predicted octanol–water partition coefficient (Wildman–Crippen LogP) is 5.47. The van der Waals surface area contributed by atoms with E-state index in [9.17, 15) is 28.8 Å². The Hall–Kier alpha value is -6.88. The Morgan fingerprint density at radius 1 is 0.719 bits per heavy atom. The van der Waals surface area contributed by atoms with Crippen LogP contribution in [0.15, 0.2) is 76.3 Å². The highest BCUT2D eigenvalue weighted by molar-refractivity contribution is 6.05. The summed E-state index contributed by atoms with van der Waals surface area (Å²) < 4.78 is 40.4. The van der Waals surface area contributed by atoms with Gasteiger partial charge in [0.2, 0.25) is 0 Å². The molecule has 17 nitrogen and oxygen atoms in total. The molecule has 1 fully saturated rings. The van der Waals surface area contributed by atoms with Gasteiger partial charge in [-0.05, 0) is 75.6 Å². The number of amides is 1. The van der Waals surface area contributed by atoms with Gasteiger partial charge in [0.25, 0.3) is 11.1 Å². The van der Waals surface area contributed by atoms with Crippen molar-refractivity contribution >= 4 is 46.1 Å². The van der Waals surface area contributed by atoms with Crippen LogP contribution in [-0.2, 0) is 38.6 Å². The molecule has 0 bridgehead atoms. The second-order valence-corrected chi connectivity index (χ2v) is 16.1. The van der Waals surface area contributed by atoms with Gasteiger partial charge in [-0.25, -0.2) is 14.4 Å². The number of fused-ring (bicyclic) bond motifs is 3. The Balaban J connectivity index is 0.000000284. The van der Waals surface area contributed by atoms with Gasteiger partial charge in [0, 0.05) is 73.8 Å². The second-order valence-electron chi connectivity index (χ2n) is 16.1. The number of esters is 2. The van der Waals surface area contributed by atoms with Crippen LogP contribution in [-0.4, -0.2) is 116 Å². The number of hydrogen-bond acceptors (Lipinski definition) is 14. The van der Waals surface area contributed by atoms with E-state index >= 15 is 0 Å². The largest absolute Gasteiger partial charge is 0.497 e. The van der Waals surface area contributed by atoms with Crippen LogP contribution in [0.3, 0.4) is 0 Å². The summed E-state index contributed by atoms with van der Waals surface area (Å²) >= 11 is 0. The molecule has 1 amide bonds. The molecule has 1 saturated heterocycles. The van der Waals surface area contributed by atoms with Crippen LogP contribution in [0.4, 0.5) is 4.79 Å². The van der Waals surface area contributed by atoms with Crippen LogP contribution in [0.2, 0.25) is 0 Å². The Morgan fingerprint density at radius 3 is 1.80 bits per heavy atom. The van der Waals surface area contributed by atoms with Gasteiger partial charge in [0.05, 0.1) is 57.1 Å². The molecule has 3 aromatic carbocycles. The summed E-state index contributed by atoms with van der Waals surface area (Å²) in [6.45, 7) is 9.49. The number of carbonyl (C=O) groups excluding carboxylic acids is 4. The highest BCUT2D eigenvalue weighted by Crippen LogP contribution is 2.33. The minimum atomic E-state index is -0.620. The smallest absolute Gasteiger partial charge is 0.410 e. The summed E-state index contributed by atoms with van der Waals surface area (Å²) in [5.74, 6) is 1.24. The zero-order valence-corrected chi connectivity index (χ0v) is 37.2. The molecule has 7 rings (SSSR count). The summed E-state index contributed by atoms with van der Waals surface area (Å²) in [6, 6.07) is 18.3. The van der Waals surface area contributed by atoms with Crippen LogP contribution >= 0.6 is 0 Å². The predicted molar refractivity (Wildman–Crippen MR) is 237 cm³/mol. The summed E-state index contributed by atoms with van der Waals surface area (Å²) in [4.78, 5) is 77.3. The van der Waals surface area contributed by atoms with Crippen LogP contribution in [0.1, 0.15) is 59.9 Å². The highest BCUT2D eigenvalue weighted by Gasteiger charge is 2.32. The molecule has 2 aromatic heterocycles. The fourth-order valence-corrected chi connectivity index (χ4v) is 7.78. The number of carbonyl (C=O) groups is 4. The minimum Gasteiger partial charge on any atom is -0.497 e. The van der Waals surface area contributed by atoms with E-state index in [1.807, 2.05) is 43.9 Å². The molecule has 0 N–H and O–H groups in total. The molecule has 0 atom stereocenters. The lowest BCUT2D eigenvalue weighted by atomic mass is 10.0. The van der Waals surface area contributed by atoms with Gasteiger partial charge >= 0.3 is 18.0 Å². The maximum atomic E-state index is 13.4. The van der Waals surface area contributed by atoms with Gasteiger partial charge in [0.1, 0.15) is 36.6 Å². The molecule has 4 heterocycles. The number of likely N-dealkylation sites (tertiary alicyclic amines) is 1. The van der Waals surface area contributed by atoms with Crippen molar-refractivity contribution in [3.63, 3.8) is 0 Å². The van der Waals surface area contributed by atoms with Crippen molar-refractivity contribution in [3.05, 3.63) is 104 Å². The number of rotatable bonds is 12. The standard InChI is InChI=1S/C33H41N3O8.C14H13NO5/c1-33(2,3)44-32(39)36(21-22-6-8-28-29(18-22)43-17-16-42-28)23-10-12-34(13-11-23)14-15-35-27-20-24(40-4)19-26(31(38)41-5)25(27)7-9-30(35)37;1-19-9-7-11(14(18)20-2)10-3-4-13(17)15(5-6-16)12(10)8-9/h6-9,18-20,23H,10-17,21H2,1-5H3;3-4,6-8H,5H2,1-2H3. The van der Waals surface area contributed by atoms with Crippen molar-refractivity contribution in [1.29, 1.82) is 0 Å². The van der Waals surface area contributed by atoms with Gasteiger partial charge in [-0.15, -0.1) is 0 Å².